The summed E-state index contributed by atoms with van der Waals surface area (Å²) >= 11 is 0. The number of hydrogen-bond acceptors (Lipinski definition) is 4. The van der Waals surface area contributed by atoms with Crippen LogP contribution in [0.4, 0.5) is 0 Å². The lowest BCUT2D eigenvalue weighted by molar-refractivity contribution is -0.128. The summed E-state index contributed by atoms with van der Waals surface area (Å²) in [4.78, 5) is 13.1. The summed E-state index contributed by atoms with van der Waals surface area (Å²) in [5.41, 5.74) is 2.69. The lowest BCUT2D eigenvalue weighted by atomic mass is 10.1. The number of hydrogen-bond donors (Lipinski definition) is 1. The molecule has 2 aromatic carbocycles. The maximum absolute atomic E-state index is 11.5. The van der Waals surface area contributed by atoms with E-state index in [0.717, 1.165) is 16.9 Å². The van der Waals surface area contributed by atoms with Crippen LogP contribution in [0.15, 0.2) is 48.5 Å². The van der Waals surface area contributed by atoms with Crippen molar-refractivity contribution in [1.29, 1.82) is 5.26 Å². The smallest absolute Gasteiger partial charge is 0.223 e. The van der Waals surface area contributed by atoms with Crippen LogP contribution in [0.3, 0.4) is 0 Å². The van der Waals surface area contributed by atoms with Gasteiger partial charge in [0.1, 0.15) is 12.4 Å². The Labute approximate surface area is 148 Å². The molecule has 0 fully saturated rings. The largest absolute Gasteiger partial charge is 0.489 e. The predicted molar refractivity (Wildman–Crippen MR) is 96.9 cm³/mol. The highest BCUT2D eigenvalue weighted by molar-refractivity contribution is 5.75. The van der Waals surface area contributed by atoms with Crippen LogP contribution in [0, 0.1) is 11.3 Å². The zero-order valence-electron chi connectivity index (χ0n) is 14.7. The first-order valence-electron chi connectivity index (χ1n) is 8.20. The molecule has 0 unspecified atom stereocenters. The summed E-state index contributed by atoms with van der Waals surface area (Å²) in [6, 6.07) is 17.4. The van der Waals surface area contributed by atoms with E-state index >= 15 is 0 Å². The van der Waals surface area contributed by atoms with E-state index in [1.165, 1.54) is 0 Å². The van der Waals surface area contributed by atoms with Gasteiger partial charge in [-0.3, -0.25) is 4.79 Å². The normalized spacial score (nSPS) is 10.1. The maximum Gasteiger partial charge on any atom is 0.223 e. The van der Waals surface area contributed by atoms with Gasteiger partial charge >= 0.3 is 0 Å². The van der Waals surface area contributed by atoms with Crippen LogP contribution in [0.1, 0.15) is 23.1 Å². The van der Waals surface area contributed by atoms with Crippen LogP contribution >= 0.6 is 0 Å². The minimum Gasteiger partial charge on any atom is -0.489 e. The van der Waals surface area contributed by atoms with Crippen molar-refractivity contribution in [2.75, 3.05) is 20.6 Å². The number of carbonyl (C=O) groups excluding carboxylic acids is 1. The van der Waals surface area contributed by atoms with Crippen LogP contribution in [-0.2, 0) is 17.9 Å². The van der Waals surface area contributed by atoms with Gasteiger partial charge in [0.2, 0.25) is 5.91 Å². The van der Waals surface area contributed by atoms with Gasteiger partial charge in [0.15, 0.2) is 0 Å². The molecule has 0 aliphatic rings. The molecule has 5 heteroatoms. The number of carbonyl (C=O) groups is 1. The van der Waals surface area contributed by atoms with Crippen molar-refractivity contribution in [1.82, 2.24) is 10.2 Å². The van der Waals surface area contributed by atoms with E-state index in [-0.39, 0.29) is 5.91 Å². The molecule has 25 heavy (non-hydrogen) atoms. The predicted octanol–water partition coefficient (Wildman–Crippen LogP) is 2.71. The summed E-state index contributed by atoms with van der Waals surface area (Å²) in [7, 11) is 3.52. The summed E-state index contributed by atoms with van der Waals surface area (Å²) < 4.78 is 5.81. The van der Waals surface area contributed by atoms with E-state index in [1.807, 2.05) is 42.5 Å². The van der Waals surface area contributed by atoms with E-state index in [0.29, 0.717) is 31.7 Å². The highest BCUT2D eigenvalue weighted by atomic mass is 16.5. The Bertz CT molecular complexity index is 751. The molecule has 0 aromatic heterocycles. The van der Waals surface area contributed by atoms with Gasteiger partial charge in [0.25, 0.3) is 0 Å². The first-order valence-corrected chi connectivity index (χ1v) is 8.20. The number of nitriles is 1. The molecule has 130 valence electrons. The van der Waals surface area contributed by atoms with Crippen molar-refractivity contribution in [3.8, 4) is 11.8 Å². The molecule has 0 spiro atoms. The summed E-state index contributed by atoms with van der Waals surface area (Å²) in [6.45, 7) is 1.74. The molecule has 0 saturated carbocycles. The summed E-state index contributed by atoms with van der Waals surface area (Å²) in [5, 5.41) is 12.2. The second-order valence-corrected chi connectivity index (χ2v) is 5.96. The van der Waals surface area contributed by atoms with E-state index < -0.39 is 0 Å². The molecule has 0 aliphatic carbocycles. The molecule has 1 N–H and O–H groups in total. The summed E-state index contributed by atoms with van der Waals surface area (Å²) in [6.07, 6.45) is 0.485. The van der Waals surface area contributed by atoms with Crippen LogP contribution in [0.25, 0.3) is 0 Å². The molecule has 0 saturated heterocycles. The SMILES string of the molecule is CN(C)C(=O)CCNCc1cccc(OCc2cccc(C#N)c2)c1. The fourth-order valence-electron chi connectivity index (χ4n) is 2.29. The minimum atomic E-state index is 0.115. The van der Waals surface area contributed by atoms with Crippen LogP contribution in [0.5, 0.6) is 5.75 Å². The zero-order chi connectivity index (χ0) is 18.1. The molecule has 5 nitrogen and oxygen atoms in total. The third-order valence-electron chi connectivity index (χ3n) is 3.70. The lowest BCUT2D eigenvalue weighted by Crippen LogP contribution is -2.26. The van der Waals surface area contributed by atoms with Crippen LogP contribution in [-0.4, -0.2) is 31.4 Å². The average molecular weight is 337 g/mol. The molecular formula is C20H23N3O2. The Morgan fingerprint density at radius 1 is 1.16 bits per heavy atom. The number of nitrogens with one attached hydrogen (secondary N) is 1. The Hall–Kier alpha value is -2.84. The molecule has 2 rings (SSSR count). The van der Waals surface area contributed by atoms with Crippen LogP contribution in [0.2, 0.25) is 0 Å². The van der Waals surface area contributed by atoms with Crippen molar-refractivity contribution < 1.29 is 9.53 Å². The van der Waals surface area contributed by atoms with Crippen molar-refractivity contribution >= 4 is 5.91 Å². The van der Waals surface area contributed by atoms with Gasteiger partial charge in [-0.25, -0.2) is 0 Å². The highest BCUT2D eigenvalue weighted by Gasteiger charge is 2.03. The topological polar surface area (TPSA) is 65.4 Å². The third kappa shape index (κ3) is 6.28. The van der Waals surface area contributed by atoms with Crippen molar-refractivity contribution in [2.45, 2.75) is 19.6 Å². The highest BCUT2D eigenvalue weighted by Crippen LogP contribution is 2.15. The van der Waals surface area contributed by atoms with Crippen molar-refractivity contribution in [2.24, 2.45) is 0 Å². The molecule has 1 amide bonds. The monoisotopic (exact) mass is 337 g/mol. The van der Waals surface area contributed by atoms with Gasteiger partial charge in [-0.05, 0) is 35.4 Å². The Kier molecular flexibility index (Phi) is 7.00. The molecule has 0 bridgehead atoms. The molecule has 0 radical (unpaired) electrons. The molecule has 0 aliphatic heterocycles. The van der Waals surface area contributed by atoms with Gasteiger partial charge in [-0.15, -0.1) is 0 Å². The molecular weight excluding hydrogens is 314 g/mol. The second kappa shape index (κ2) is 9.45. The minimum absolute atomic E-state index is 0.115. The van der Waals surface area contributed by atoms with Gasteiger partial charge in [-0.2, -0.15) is 5.26 Å². The number of rotatable bonds is 8. The summed E-state index contributed by atoms with van der Waals surface area (Å²) in [5.74, 6) is 0.898. The molecule has 2 aromatic rings. The standard InChI is InChI=1S/C20H23N3O2/c1-23(2)20(24)9-10-22-14-17-6-4-8-19(12-17)25-15-18-7-3-5-16(11-18)13-21/h3-8,11-12,22H,9-10,14-15H2,1-2H3. The number of benzene rings is 2. The van der Waals surface area contributed by atoms with E-state index in [4.69, 9.17) is 10.00 Å². The zero-order valence-corrected chi connectivity index (χ0v) is 14.7. The van der Waals surface area contributed by atoms with E-state index in [1.54, 1.807) is 25.1 Å². The van der Waals surface area contributed by atoms with Crippen LogP contribution < -0.4 is 10.1 Å². The molecule has 0 atom stereocenters. The quantitative estimate of drug-likeness (QED) is 0.752. The third-order valence-corrected chi connectivity index (χ3v) is 3.70. The first-order chi connectivity index (χ1) is 12.1. The number of amides is 1. The fourth-order valence-corrected chi connectivity index (χ4v) is 2.29. The second-order valence-electron chi connectivity index (χ2n) is 5.96. The number of nitrogens with zero attached hydrogens (tertiary/aromatic N) is 2. The first kappa shape index (κ1) is 18.5. The van der Waals surface area contributed by atoms with Gasteiger partial charge < -0.3 is 15.0 Å². The van der Waals surface area contributed by atoms with E-state index in [2.05, 4.69) is 11.4 Å². The fraction of sp³-hybridized carbons (Fsp3) is 0.300. The van der Waals surface area contributed by atoms with Crippen molar-refractivity contribution in [3.05, 3.63) is 65.2 Å². The Balaban J connectivity index is 1.82. The average Bonchev–Trinajstić information content (AvgIpc) is 2.64. The Morgan fingerprint density at radius 2 is 1.92 bits per heavy atom. The number of ether oxygens (including phenoxy) is 1. The lowest BCUT2D eigenvalue weighted by Gasteiger charge is -2.11. The Morgan fingerprint density at radius 3 is 2.68 bits per heavy atom. The molecule has 0 heterocycles. The van der Waals surface area contributed by atoms with Gasteiger partial charge in [-0.1, -0.05) is 24.3 Å². The van der Waals surface area contributed by atoms with E-state index in [9.17, 15) is 4.79 Å². The van der Waals surface area contributed by atoms with Crippen molar-refractivity contribution in [3.63, 3.8) is 0 Å². The maximum atomic E-state index is 11.5. The van der Waals surface area contributed by atoms with Gasteiger partial charge in [0, 0.05) is 33.6 Å². The van der Waals surface area contributed by atoms with Gasteiger partial charge in [0.05, 0.1) is 11.6 Å².